The van der Waals surface area contributed by atoms with Crippen LogP contribution in [0.2, 0.25) is 0 Å². The van der Waals surface area contributed by atoms with Crippen molar-refractivity contribution in [1.29, 1.82) is 0 Å². The first-order valence-electron chi connectivity index (χ1n) is 5.05. The van der Waals surface area contributed by atoms with E-state index >= 15 is 0 Å². The molecule has 1 rings (SSSR count). The summed E-state index contributed by atoms with van der Waals surface area (Å²) in [5.74, 6) is 0. The van der Waals surface area contributed by atoms with Crippen LogP contribution in [0.4, 0.5) is 0 Å². The first-order valence-corrected chi connectivity index (χ1v) is 5.05. The second-order valence-electron chi connectivity index (χ2n) is 3.44. The highest BCUT2D eigenvalue weighted by molar-refractivity contribution is 5.19. The van der Waals surface area contributed by atoms with Gasteiger partial charge in [0.2, 0.25) is 0 Å². The summed E-state index contributed by atoms with van der Waals surface area (Å²) < 4.78 is 0. The summed E-state index contributed by atoms with van der Waals surface area (Å²) in [6.07, 6.45) is 2.50. The molecular formula is C11H18N2O. The Hall–Kier alpha value is -0.930. The molecule has 1 heterocycles. The van der Waals surface area contributed by atoms with Crippen molar-refractivity contribution in [1.82, 2.24) is 10.3 Å². The van der Waals surface area contributed by atoms with Crippen molar-refractivity contribution in [3.63, 3.8) is 0 Å². The highest BCUT2D eigenvalue weighted by Crippen LogP contribution is 2.05. The third kappa shape index (κ3) is 3.44. The van der Waals surface area contributed by atoms with E-state index in [4.69, 9.17) is 5.11 Å². The predicted octanol–water partition coefficient (Wildman–Crippen LogP) is 1.11. The summed E-state index contributed by atoms with van der Waals surface area (Å²) in [7, 11) is 0. The lowest BCUT2D eigenvalue weighted by molar-refractivity contribution is 0.191. The molecule has 0 aromatic carbocycles. The van der Waals surface area contributed by atoms with Crippen LogP contribution in [0.25, 0.3) is 0 Å². The second kappa shape index (κ2) is 5.73. The fourth-order valence-electron chi connectivity index (χ4n) is 1.35. The van der Waals surface area contributed by atoms with E-state index in [-0.39, 0.29) is 6.10 Å². The lowest BCUT2D eigenvalue weighted by Crippen LogP contribution is -2.24. The molecule has 0 bridgehead atoms. The van der Waals surface area contributed by atoms with Gasteiger partial charge in [0.1, 0.15) is 0 Å². The minimum Gasteiger partial charge on any atom is -0.392 e. The van der Waals surface area contributed by atoms with Crippen molar-refractivity contribution in [2.75, 3.05) is 6.54 Å². The molecule has 0 amide bonds. The number of hydrogen-bond acceptors (Lipinski definition) is 3. The molecule has 78 valence electrons. The molecule has 0 fully saturated rings. The first-order chi connectivity index (χ1) is 6.74. The van der Waals surface area contributed by atoms with E-state index in [1.165, 1.54) is 5.56 Å². The molecule has 3 nitrogen and oxygen atoms in total. The van der Waals surface area contributed by atoms with Gasteiger partial charge in [-0.2, -0.15) is 0 Å². The number of aryl methyl sites for hydroxylation is 1. The molecule has 0 aliphatic carbocycles. The van der Waals surface area contributed by atoms with Crippen LogP contribution in [0.15, 0.2) is 18.3 Å². The summed E-state index contributed by atoms with van der Waals surface area (Å²) in [4.78, 5) is 4.30. The average molecular weight is 194 g/mol. The number of rotatable bonds is 5. The van der Waals surface area contributed by atoms with Crippen molar-refractivity contribution in [2.24, 2.45) is 0 Å². The molecule has 0 saturated carbocycles. The molecule has 0 radical (unpaired) electrons. The molecule has 1 aromatic rings. The number of nitrogens with one attached hydrogen (secondary N) is 1. The number of pyridine rings is 1. The van der Waals surface area contributed by atoms with Crippen molar-refractivity contribution in [3.05, 3.63) is 29.6 Å². The molecule has 1 aromatic heterocycles. The van der Waals surface area contributed by atoms with Crippen molar-refractivity contribution >= 4 is 0 Å². The Balaban J connectivity index is 2.49. The standard InChI is InChI=1S/C11H18N2O/c1-3-10-5-4-6-13-11(10)8-12-7-9(2)14/h4-6,9,12,14H,3,7-8H2,1-2H3/t9-/m1/s1. The van der Waals surface area contributed by atoms with Crippen molar-refractivity contribution in [2.45, 2.75) is 32.9 Å². The van der Waals surface area contributed by atoms with Gasteiger partial charge in [-0.25, -0.2) is 0 Å². The molecule has 0 saturated heterocycles. The SMILES string of the molecule is CCc1cccnc1CNC[C@@H](C)O. The third-order valence-electron chi connectivity index (χ3n) is 2.10. The fourth-order valence-corrected chi connectivity index (χ4v) is 1.35. The van der Waals surface area contributed by atoms with Gasteiger partial charge in [0.15, 0.2) is 0 Å². The van der Waals surface area contributed by atoms with Gasteiger partial charge in [-0.1, -0.05) is 13.0 Å². The Labute approximate surface area is 85.2 Å². The zero-order chi connectivity index (χ0) is 10.4. The van der Waals surface area contributed by atoms with Crippen molar-refractivity contribution in [3.8, 4) is 0 Å². The number of hydrogen-bond donors (Lipinski definition) is 2. The van der Waals surface area contributed by atoms with E-state index in [1.807, 2.05) is 6.07 Å². The maximum Gasteiger partial charge on any atom is 0.0636 e. The smallest absolute Gasteiger partial charge is 0.0636 e. The number of aliphatic hydroxyl groups is 1. The Morgan fingerprint density at radius 2 is 2.36 bits per heavy atom. The van der Waals surface area contributed by atoms with Crippen molar-refractivity contribution < 1.29 is 5.11 Å². The monoisotopic (exact) mass is 194 g/mol. The zero-order valence-electron chi connectivity index (χ0n) is 8.83. The third-order valence-corrected chi connectivity index (χ3v) is 2.10. The number of aromatic nitrogens is 1. The lowest BCUT2D eigenvalue weighted by Gasteiger charge is -2.09. The largest absolute Gasteiger partial charge is 0.392 e. The molecule has 0 aliphatic heterocycles. The van der Waals surface area contributed by atoms with E-state index in [0.29, 0.717) is 6.54 Å². The van der Waals surface area contributed by atoms with E-state index in [0.717, 1.165) is 18.7 Å². The Morgan fingerprint density at radius 1 is 1.57 bits per heavy atom. The molecule has 1 atom stereocenters. The highest BCUT2D eigenvalue weighted by Gasteiger charge is 2.01. The number of nitrogens with zero attached hydrogens (tertiary/aromatic N) is 1. The van der Waals surface area contributed by atoms with Gasteiger partial charge in [-0.15, -0.1) is 0 Å². The van der Waals surface area contributed by atoms with Crippen LogP contribution in [-0.4, -0.2) is 22.7 Å². The highest BCUT2D eigenvalue weighted by atomic mass is 16.3. The van der Waals surface area contributed by atoms with E-state index in [1.54, 1.807) is 13.1 Å². The van der Waals surface area contributed by atoms with Crippen LogP contribution in [-0.2, 0) is 13.0 Å². The topological polar surface area (TPSA) is 45.2 Å². The van der Waals surface area contributed by atoms with E-state index < -0.39 is 0 Å². The summed E-state index contributed by atoms with van der Waals surface area (Å²) in [6, 6.07) is 4.05. The molecule has 14 heavy (non-hydrogen) atoms. The predicted molar refractivity (Wildman–Crippen MR) is 57.0 cm³/mol. The Bertz CT molecular complexity index is 274. The van der Waals surface area contributed by atoms with Gasteiger partial charge >= 0.3 is 0 Å². The normalized spacial score (nSPS) is 12.8. The fraction of sp³-hybridized carbons (Fsp3) is 0.545. The van der Waals surface area contributed by atoms with Crippen LogP contribution in [0, 0.1) is 0 Å². The minimum atomic E-state index is -0.302. The average Bonchev–Trinajstić information content (AvgIpc) is 2.18. The van der Waals surface area contributed by atoms with Crippen LogP contribution < -0.4 is 5.32 Å². The molecule has 0 spiro atoms. The second-order valence-corrected chi connectivity index (χ2v) is 3.44. The van der Waals surface area contributed by atoms with Crippen LogP contribution in [0.5, 0.6) is 0 Å². The van der Waals surface area contributed by atoms with Gasteiger partial charge in [0, 0.05) is 19.3 Å². The van der Waals surface area contributed by atoms with Gasteiger partial charge in [0.25, 0.3) is 0 Å². The molecule has 0 unspecified atom stereocenters. The van der Waals surface area contributed by atoms with Crippen LogP contribution in [0.3, 0.4) is 0 Å². The quantitative estimate of drug-likeness (QED) is 0.738. The number of aliphatic hydroxyl groups excluding tert-OH is 1. The maximum atomic E-state index is 9.07. The van der Waals surface area contributed by atoms with Gasteiger partial charge in [-0.3, -0.25) is 4.98 Å². The minimum absolute atomic E-state index is 0.302. The summed E-state index contributed by atoms with van der Waals surface area (Å²) >= 11 is 0. The summed E-state index contributed by atoms with van der Waals surface area (Å²) in [5, 5.41) is 12.2. The first kappa shape index (κ1) is 11.1. The Morgan fingerprint density at radius 3 is 3.00 bits per heavy atom. The summed E-state index contributed by atoms with van der Waals surface area (Å²) in [6.45, 7) is 5.23. The van der Waals surface area contributed by atoms with E-state index in [2.05, 4.69) is 23.3 Å². The Kier molecular flexibility index (Phi) is 4.56. The molecular weight excluding hydrogens is 176 g/mol. The maximum absolute atomic E-state index is 9.07. The molecule has 0 aliphatic rings. The van der Waals surface area contributed by atoms with E-state index in [9.17, 15) is 0 Å². The van der Waals surface area contributed by atoms with Gasteiger partial charge in [0.05, 0.1) is 11.8 Å². The molecule has 2 N–H and O–H groups in total. The lowest BCUT2D eigenvalue weighted by atomic mass is 10.1. The van der Waals surface area contributed by atoms with Gasteiger partial charge in [-0.05, 0) is 25.0 Å². The van der Waals surface area contributed by atoms with Crippen LogP contribution in [0.1, 0.15) is 25.1 Å². The molecule has 3 heteroatoms. The van der Waals surface area contributed by atoms with Gasteiger partial charge < -0.3 is 10.4 Å². The summed E-state index contributed by atoms with van der Waals surface area (Å²) in [5.41, 5.74) is 2.35. The zero-order valence-corrected chi connectivity index (χ0v) is 8.83. The van der Waals surface area contributed by atoms with Crippen LogP contribution >= 0.6 is 0 Å².